The Labute approximate surface area is 145 Å². The van der Waals surface area contributed by atoms with E-state index in [1.807, 2.05) is 0 Å². The van der Waals surface area contributed by atoms with Gasteiger partial charge in [-0.15, -0.1) is 0 Å². The lowest BCUT2D eigenvalue weighted by Crippen LogP contribution is -2.61. The molecular weight excluding hydrogens is 280 g/mol. The van der Waals surface area contributed by atoms with Gasteiger partial charge in [-0.3, -0.25) is 4.48 Å². The van der Waals surface area contributed by atoms with Crippen LogP contribution in [0, 0.1) is 0 Å². The molecule has 0 aliphatic carbocycles. The van der Waals surface area contributed by atoms with Crippen molar-refractivity contribution >= 4 is 5.84 Å². The van der Waals surface area contributed by atoms with Gasteiger partial charge in [0, 0.05) is 19.4 Å². The summed E-state index contributed by atoms with van der Waals surface area (Å²) in [4.78, 5) is 5.06. The molecule has 1 fully saturated rings. The van der Waals surface area contributed by atoms with E-state index in [1.165, 1.54) is 107 Å². The Morgan fingerprint density at radius 2 is 1.57 bits per heavy atom. The zero-order valence-electron chi connectivity index (χ0n) is 16.0. The number of unbranched alkanes of at least 4 members (excludes halogenated alkanes) is 5. The minimum absolute atomic E-state index is 0.869. The number of aliphatic imine (C=N–C) groups is 1. The summed E-state index contributed by atoms with van der Waals surface area (Å²) in [6.07, 6.45) is 19.6. The van der Waals surface area contributed by atoms with E-state index in [4.69, 9.17) is 4.99 Å². The summed E-state index contributed by atoms with van der Waals surface area (Å²) < 4.78 is 1.31. The highest BCUT2D eigenvalue weighted by Gasteiger charge is 2.42. The second-order valence-electron chi connectivity index (χ2n) is 7.94. The second-order valence-corrected chi connectivity index (χ2v) is 7.94. The van der Waals surface area contributed by atoms with E-state index in [9.17, 15) is 0 Å². The smallest absolute Gasteiger partial charge is 0.198 e. The Morgan fingerprint density at radius 1 is 0.826 bits per heavy atom. The molecule has 0 aromatic carbocycles. The summed E-state index contributed by atoms with van der Waals surface area (Å²) in [7, 11) is 0. The van der Waals surface area contributed by atoms with Gasteiger partial charge in [0.2, 0.25) is 0 Å². The molecule has 0 bridgehead atoms. The number of hydrogen-bond acceptors (Lipinski definition) is 1. The SMILES string of the molecule is CCCCCCCC(CCCC)[N+]12CCCCCC1=NCCC2. The van der Waals surface area contributed by atoms with Crippen LogP contribution in [0.1, 0.15) is 104 Å². The molecule has 2 atom stereocenters. The maximum Gasteiger partial charge on any atom is 0.198 e. The molecule has 134 valence electrons. The molecular formula is C21H41N2+. The molecule has 2 heteroatoms. The number of amidine groups is 1. The van der Waals surface area contributed by atoms with Crippen LogP contribution >= 0.6 is 0 Å². The molecule has 2 aliphatic rings. The summed E-state index contributed by atoms with van der Waals surface area (Å²) in [6, 6.07) is 0.869. The maximum atomic E-state index is 5.06. The summed E-state index contributed by atoms with van der Waals surface area (Å²) >= 11 is 0. The van der Waals surface area contributed by atoms with Crippen molar-refractivity contribution in [2.45, 2.75) is 110 Å². The van der Waals surface area contributed by atoms with E-state index < -0.39 is 0 Å². The number of fused-ring (bicyclic) bond motifs is 1. The fourth-order valence-corrected chi connectivity index (χ4v) is 4.87. The Hall–Kier alpha value is -0.370. The third-order valence-electron chi connectivity index (χ3n) is 6.21. The van der Waals surface area contributed by atoms with E-state index >= 15 is 0 Å². The second kappa shape index (κ2) is 10.5. The average molecular weight is 322 g/mol. The van der Waals surface area contributed by atoms with Crippen LogP contribution in [0.15, 0.2) is 4.99 Å². The van der Waals surface area contributed by atoms with Gasteiger partial charge in [0.1, 0.15) is 0 Å². The lowest BCUT2D eigenvalue weighted by Gasteiger charge is -2.46. The normalized spacial score (nSPS) is 26.3. The lowest BCUT2D eigenvalue weighted by atomic mass is 9.95. The number of hydrogen-bond donors (Lipinski definition) is 0. The van der Waals surface area contributed by atoms with Crippen molar-refractivity contribution in [3.8, 4) is 0 Å². The van der Waals surface area contributed by atoms with E-state index in [1.54, 1.807) is 5.84 Å². The van der Waals surface area contributed by atoms with Gasteiger partial charge in [0.05, 0.1) is 19.1 Å². The third kappa shape index (κ3) is 5.31. The largest absolute Gasteiger partial charge is 0.276 e. The Balaban J connectivity index is 2.03. The van der Waals surface area contributed by atoms with Crippen LogP contribution in [0.3, 0.4) is 0 Å². The van der Waals surface area contributed by atoms with Crippen LogP contribution in [0.4, 0.5) is 0 Å². The van der Waals surface area contributed by atoms with Crippen molar-refractivity contribution in [3.63, 3.8) is 0 Å². The van der Waals surface area contributed by atoms with Crippen molar-refractivity contribution in [1.29, 1.82) is 0 Å². The van der Waals surface area contributed by atoms with Gasteiger partial charge in [0.25, 0.3) is 0 Å². The van der Waals surface area contributed by atoms with Gasteiger partial charge in [-0.05, 0) is 44.9 Å². The zero-order valence-corrected chi connectivity index (χ0v) is 16.0. The molecule has 0 spiro atoms. The summed E-state index contributed by atoms with van der Waals surface area (Å²) in [5.41, 5.74) is 0. The molecule has 2 heterocycles. The Kier molecular flexibility index (Phi) is 8.64. The first kappa shape index (κ1) is 19.0. The van der Waals surface area contributed by atoms with Crippen molar-refractivity contribution in [2.75, 3.05) is 19.6 Å². The quantitative estimate of drug-likeness (QED) is 0.340. The number of rotatable bonds is 10. The molecule has 0 aromatic rings. The minimum Gasteiger partial charge on any atom is -0.276 e. The van der Waals surface area contributed by atoms with Crippen molar-refractivity contribution in [3.05, 3.63) is 0 Å². The molecule has 1 saturated heterocycles. The van der Waals surface area contributed by atoms with E-state index in [-0.39, 0.29) is 0 Å². The van der Waals surface area contributed by atoms with Crippen LogP contribution in [0.25, 0.3) is 0 Å². The molecule has 0 saturated carbocycles. The highest BCUT2D eigenvalue weighted by Crippen LogP contribution is 2.33. The number of quaternary nitrogens is 1. The summed E-state index contributed by atoms with van der Waals surface area (Å²) in [5.74, 6) is 1.60. The van der Waals surface area contributed by atoms with Crippen LogP contribution in [0.2, 0.25) is 0 Å². The van der Waals surface area contributed by atoms with Gasteiger partial charge in [-0.1, -0.05) is 46.0 Å². The Bertz CT molecular complexity index is 350. The summed E-state index contributed by atoms with van der Waals surface area (Å²) in [6.45, 7) is 8.55. The van der Waals surface area contributed by atoms with Gasteiger partial charge < -0.3 is 0 Å². The van der Waals surface area contributed by atoms with Gasteiger partial charge in [-0.2, -0.15) is 0 Å². The maximum absolute atomic E-state index is 5.06. The van der Waals surface area contributed by atoms with E-state index in [2.05, 4.69) is 13.8 Å². The third-order valence-corrected chi connectivity index (χ3v) is 6.21. The highest BCUT2D eigenvalue weighted by molar-refractivity contribution is 5.76. The van der Waals surface area contributed by atoms with Crippen LogP contribution in [-0.2, 0) is 0 Å². The highest BCUT2D eigenvalue weighted by atomic mass is 15.4. The predicted octanol–water partition coefficient (Wildman–Crippen LogP) is 6.10. The topological polar surface area (TPSA) is 12.4 Å². The summed E-state index contributed by atoms with van der Waals surface area (Å²) in [5, 5.41) is 0. The number of nitrogens with zero attached hydrogens (tertiary/aromatic N) is 2. The van der Waals surface area contributed by atoms with Gasteiger partial charge in [0.15, 0.2) is 5.84 Å². The van der Waals surface area contributed by atoms with Crippen molar-refractivity contribution < 1.29 is 4.48 Å². The fourth-order valence-electron chi connectivity index (χ4n) is 4.87. The fraction of sp³-hybridized carbons (Fsp3) is 0.952. The molecule has 0 amide bonds. The molecule has 0 radical (unpaired) electrons. The molecule has 2 aliphatic heterocycles. The average Bonchev–Trinajstić information content (AvgIpc) is 2.80. The van der Waals surface area contributed by atoms with Crippen molar-refractivity contribution in [1.82, 2.24) is 0 Å². The zero-order chi connectivity index (χ0) is 16.4. The van der Waals surface area contributed by atoms with E-state index in [0.717, 1.165) is 12.6 Å². The van der Waals surface area contributed by atoms with Crippen LogP contribution < -0.4 is 0 Å². The molecule has 0 aromatic heterocycles. The molecule has 23 heavy (non-hydrogen) atoms. The van der Waals surface area contributed by atoms with Crippen molar-refractivity contribution in [2.24, 2.45) is 4.99 Å². The first-order valence-electron chi connectivity index (χ1n) is 10.7. The first-order chi connectivity index (χ1) is 11.3. The molecule has 2 unspecified atom stereocenters. The van der Waals surface area contributed by atoms with Gasteiger partial charge >= 0.3 is 0 Å². The predicted molar refractivity (Wildman–Crippen MR) is 102 cm³/mol. The van der Waals surface area contributed by atoms with E-state index in [0.29, 0.717) is 0 Å². The standard InChI is InChI=1S/C21H41N2/c1-3-5-7-8-10-15-20(14-6-4-2)23-18-12-9-11-16-21(23)22-17-13-19-23/h20H,3-19H2,1-2H3/q+1. The van der Waals surface area contributed by atoms with Gasteiger partial charge in [-0.25, -0.2) is 4.99 Å². The molecule has 2 nitrogen and oxygen atoms in total. The minimum atomic E-state index is 0.869. The lowest BCUT2D eigenvalue weighted by molar-refractivity contribution is -0.871. The first-order valence-corrected chi connectivity index (χ1v) is 10.7. The molecule has 0 N–H and O–H groups in total. The molecule has 2 rings (SSSR count). The van der Waals surface area contributed by atoms with Crippen LogP contribution in [0.5, 0.6) is 0 Å². The van der Waals surface area contributed by atoms with Crippen LogP contribution in [-0.4, -0.2) is 36.0 Å². The monoisotopic (exact) mass is 321 g/mol. The Morgan fingerprint density at radius 3 is 2.39 bits per heavy atom.